The highest BCUT2D eigenvalue weighted by molar-refractivity contribution is 5.78. The molecule has 1 aromatic rings. The van der Waals surface area contributed by atoms with Crippen LogP contribution < -0.4 is 4.74 Å². The van der Waals surface area contributed by atoms with Gasteiger partial charge in [0.15, 0.2) is 12.4 Å². The molecule has 1 aromatic carbocycles. The lowest BCUT2D eigenvalue weighted by molar-refractivity contribution is -0.385. The van der Waals surface area contributed by atoms with Gasteiger partial charge in [0.25, 0.3) is 5.91 Å². The molecule has 0 saturated carbocycles. The highest BCUT2D eigenvalue weighted by Gasteiger charge is 2.22. The number of aryl methyl sites for hydroxylation is 1. The first-order chi connectivity index (χ1) is 9.97. The van der Waals surface area contributed by atoms with E-state index in [-0.39, 0.29) is 24.0 Å². The van der Waals surface area contributed by atoms with Gasteiger partial charge >= 0.3 is 5.69 Å². The highest BCUT2D eigenvalue weighted by atomic mass is 16.6. The second-order valence-corrected chi connectivity index (χ2v) is 5.60. The van der Waals surface area contributed by atoms with Crippen LogP contribution in [0.5, 0.6) is 5.75 Å². The molecule has 0 radical (unpaired) electrons. The summed E-state index contributed by atoms with van der Waals surface area (Å²) in [5.74, 6) is 0.534. The van der Waals surface area contributed by atoms with Gasteiger partial charge in [0.1, 0.15) is 0 Å². The molecule has 2 rings (SSSR count). The number of ether oxygens (including phenoxy) is 1. The van der Waals surface area contributed by atoms with Crippen LogP contribution in [-0.4, -0.2) is 35.4 Å². The number of piperidine rings is 1. The summed E-state index contributed by atoms with van der Waals surface area (Å²) in [6.07, 6.45) is 2.13. The van der Waals surface area contributed by atoms with E-state index in [1.807, 2.05) is 6.92 Å². The standard InChI is InChI=1S/C15H20N2O4/c1-11-5-6-13(17(19)20)14(8-11)21-10-15(18)16-7-3-4-12(2)9-16/h5-6,8,12H,3-4,7,9-10H2,1-2H3. The molecule has 1 aliphatic rings. The normalized spacial score (nSPS) is 18.4. The number of nitro benzene ring substituents is 1. The fourth-order valence-corrected chi connectivity index (χ4v) is 2.53. The average Bonchev–Trinajstić information content (AvgIpc) is 2.44. The monoisotopic (exact) mass is 292 g/mol. The van der Waals surface area contributed by atoms with Crippen LogP contribution in [0.3, 0.4) is 0 Å². The second kappa shape index (κ2) is 6.56. The van der Waals surface area contributed by atoms with Crippen molar-refractivity contribution in [2.75, 3.05) is 19.7 Å². The van der Waals surface area contributed by atoms with Gasteiger partial charge in [-0.3, -0.25) is 14.9 Å². The van der Waals surface area contributed by atoms with E-state index in [2.05, 4.69) is 6.92 Å². The maximum absolute atomic E-state index is 12.1. The van der Waals surface area contributed by atoms with E-state index >= 15 is 0 Å². The first-order valence-electron chi connectivity index (χ1n) is 7.13. The van der Waals surface area contributed by atoms with E-state index in [0.29, 0.717) is 5.92 Å². The van der Waals surface area contributed by atoms with Crippen molar-refractivity contribution in [3.63, 3.8) is 0 Å². The van der Waals surface area contributed by atoms with E-state index in [0.717, 1.165) is 31.5 Å². The molecular weight excluding hydrogens is 272 g/mol. The molecule has 114 valence electrons. The predicted molar refractivity (Wildman–Crippen MR) is 78.3 cm³/mol. The molecule has 0 bridgehead atoms. The molecule has 0 spiro atoms. The maximum atomic E-state index is 12.1. The second-order valence-electron chi connectivity index (χ2n) is 5.60. The third-order valence-corrected chi connectivity index (χ3v) is 3.67. The van der Waals surface area contributed by atoms with Crippen LogP contribution in [0, 0.1) is 23.0 Å². The zero-order valence-corrected chi connectivity index (χ0v) is 12.4. The summed E-state index contributed by atoms with van der Waals surface area (Å²) in [4.78, 5) is 24.3. The molecule has 0 aliphatic carbocycles. The van der Waals surface area contributed by atoms with Crippen molar-refractivity contribution in [1.29, 1.82) is 0 Å². The smallest absolute Gasteiger partial charge is 0.310 e. The Kier molecular flexibility index (Phi) is 4.77. The first-order valence-corrected chi connectivity index (χ1v) is 7.13. The molecule has 1 unspecified atom stereocenters. The number of nitro groups is 1. The van der Waals surface area contributed by atoms with E-state index in [1.165, 1.54) is 6.07 Å². The SMILES string of the molecule is Cc1ccc([N+](=O)[O-])c(OCC(=O)N2CCCC(C)C2)c1. The third kappa shape index (κ3) is 3.93. The lowest BCUT2D eigenvalue weighted by Crippen LogP contribution is -2.41. The quantitative estimate of drug-likeness (QED) is 0.631. The minimum atomic E-state index is -0.498. The van der Waals surface area contributed by atoms with Crippen molar-refractivity contribution in [2.24, 2.45) is 5.92 Å². The molecule has 0 N–H and O–H groups in total. The predicted octanol–water partition coefficient (Wildman–Crippen LogP) is 2.54. The van der Waals surface area contributed by atoms with Gasteiger partial charge in [-0.05, 0) is 37.3 Å². The summed E-state index contributed by atoms with van der Waals surface area (Å²) < 4.78 is 5.40. The number of nitrogens with zero attached hydrogens (tertiary/aromatic N) is 2. The number of hydrogen-bond acceptors (Lipinski definition) is 4. The minimum Gasteiger partial charge on any atom is -0.477 e. The molecule has 1 saturated heterocycles. The van der Waals surface area contributed by atoms with Crippen molar-refractivity contribution >= 4 is 11.6 Å². The Balaban J connectivity index is 2.00. The van der Waals surface area contributed by atoms with Gasteiger partial charge < -0.3 is 9.64 Å². The molecule has 1 atom stereocenters. The van der Waals surface area contributed by atoms with Gasteiger partial charge in [-0.2, -0.15) is 0 Å². The van der Waals surface area contributed by atoms with Crippen molar-refractivity contribution in [1.82, 2.24) is 4.90 Å². The van der Waals surface area contributed by atoms with Crippen LogP contribution in [0.15, 0.2) is 18.2 Å². The van der Waals surface area contributed by atoms with Crippen molar-refractivity contribution in [3.05, 3.63) is 33.9 Å². The Morgan fingerprint density at radius 3 is 2.95 bits per heavy atom. The topological polar surface area (TPSA) is 72.7 Å². The summed E-state index contributed by atoms with van der Waals surface area (Å²) in [5.41, 5.74) is 0.745. The Hall–Kier alpha value is -2.11. The summed E-state index contributed by atoms with van der Waals surface area (Å²) in [6, 6.07) is 4.64. The van der Waals surface area contributed by atoms with Gasteiger partial charge in [0, 0.05) is 19.2 Å². The molecule has 1 fully saturated rings. The van der Waals surface area contributed by atoms with Crippen LogP contribution in [0.25, 0.3) is 0 Å². The summed E-state index contributed by atoms with van der Waals surface area (Å²) in [7, 11) is 0. The first kappa shape index (κ1) is 15.3. The van der Waals surface area contributed by atoms with E-state index in [9.17, 15) is 14.9 Å². The molecule has 6 heteroatoms. The number of hydrogen-bond donors (Lipinski definition) is 0. The van der Waals surface area contributed by atoms with Gasteiger partial charge in [0.05, 0.1) is 4.92 Å². The molecular formula is C15H20N2O4. The van der Waals surface area contributed by atoms with Crippen molar-refractivity contribution in [2.45, 2.75) is 26.7 Å². The van der Waals surface area contributed by atoms with E-state index < -0.39 is 4.92 Å². The van der Waals surface area contributed by atoms with Crippen LogP contribution >= 0.6 is 0 Å². The molecule has 0 aromatic heterocycles. The average molecular weight is 292 g/mol. The number of amides is 1. The molecule has 1 heterocycles. The lowest BCUT2D eigenvalue weighted by atomic mass is 10.0. The summed E-state index contributed by atoms with van der Waals surface area (Å²) in [6.45, 7) is 5.26. The van der Waals surface area contributed by atoms with Gasteiger partial charge in [-0.1, -0.05) is 13.0 Å². The van der Waals surface area contributed by atoms with Crippen LogP contribution in [0.2, 0.25) is 0 Å². The Morgan fingerprint density at radius 2 is 2.29 bits per heavy atom. The van der Waals surface area contributed by atoms with E-state index in [4.69, 9.17) is 4.74 Å². The van der Waals surface area contributed by atoms with E-state index in [1.54, 1.807) is 17.0 Å². The lowest BCUT2D eigenvalue weighted by Gasteiger charge is -2.30. The van der Waals surface area contributed by atoms with Crippen LogP contribution in [0.1, 0.15) is 25.3 Å². The Bertz CT molecular complexity index is 544. The van der Waals surface area contributed by atoms with Gasteiger partial charge in [-0.15, -0.1) is 0 Å². The molecule has 1 aliphatic heterocycles. The van der Waals surface area contributed by atoms with Crippen molar-refractivity contribution < 1.29 is 14.5 Å². The Labute approximate surface area is 123 Å². The van der Waals surface area contributed by atoms with Gasteiger partial charge in [-0.25, -0.2) is 0 Å². The largest absolute Gasteiger partial charge is 0.477 e. The summed E-state index contributed by atoms with van der Waals surface area (Å²) in [5, 5.41) is 11.0. The molecule has 21 heavy (non-hydrogen) atoms. The maximum Gasteiger partial charge on any atom is 0.310 e. The molecule has 1 amide bonds. The third-order valence-electron chi connectivity index (χ3n) is 3.67. The van der Waals surface area contributed by atoms with Crippen LogP contribution in [-0.2, 0) is 4.79 Å². The number of carbonyl (C=O) groups is 1. The molecule has 6 nitrogen and oxygen atoms in total. The number of carbonyl (C=O) groups excluding carboxylic acids is 1. The highest BCUT2D eigenvalue weighted by Crippen LogP contribution is 2.27. The van der Waals surface area contributed by atoms with Gasteiger partial charge in [0.2, 0.25) is 0 Å². The number of likely N-dealkylation sites (tertiary alicyclic amines) is 1. The van der Waals surface area contributed by atoms with Crippen molar-refractivity contribution in [3.8, 4) is 5.75 Å². The zero-order valence-electron chi connectivity index (χ0n) is 12.4. The zero-order chi connectivity index (χ0) is 15.4. The fraction of sp³-hybridized carbons (Fsp3) is 0.533. The number of benzene rings is 1. The fourth-order valence-electron chi connectivity index (χ4n) is 2.53. The van der Waals surface area contributed by atoms with Crippen LogP contribution in [0.4, 0.5) is 5.69 Å². The Morgan fingerprint density at radius 1 is 1.52 bits per heavy atom. The number of rotatable bonds is 4. The minimum absolute atomic E-state index is 0.111. The summed E-state index contributed by atoms with van der Waals surface area (Å²) >= 11 is 0.